The first-order valence-electron chi connectivity index (χ1n) is 3.68. The van der Waals surface area contributed by atoms with Crippen molar-refractivity contribution in [2.75, 3.05) is 5.73 Å². The van der Waals surface area contributed by atoms with Crippen molar-refractivity contribution in [3.8, 4) is 11.3 Å². The lowest BCUT2D eigenvalue weighted by Crippen LogP contribution is -1.89. The van der Waals surface area contributed by atoms with E-state index in [2.05, 4.69) is 15.4 Å². The lowest BCUT2D eigenvalue weighted by Gasteiger charge is -1.98. The van der Waals surface area contributed by atoms with Gasteiger partial charge in [-0.1, -0.05) is 0 Å². The van der Waals surface area contributed by atoms with E-state index >= 15 is 0 Å². The highest BCUT2D eigenvalue weighted by molar-refractivity contribution is 5.61. The van der Waals surface area contributed by atoms with Crippen LogP contribution in [0.5, 0.6) is 0 Å². The van der Waals surface area contributed by atoms with Gasteiger partial charge in [0.2, 0.25) is 0 Å². The van der Waals surface area contributed by atoms with Gasteiger partial charge < -0.3 is 5.73 Å². The second kappa shape index (κ2) is 2.85. The molecule has 0 fully saturated rings. The van der Waals surface area contributed by atoms with Crippen molar-refractivity contribution in [1.82, 2.24) is 15.4 Å². The first-order chi connectivity index (χ1) is 6.27. The van der Waals surface area contributed by atoms with Crippen LogP contribution < -0.4 is 5.73 Å². The van der Waals surface area contributed by atoms with E-state index in [4.69, 9.17) is 5.73 Å². The number of rotatable bonds is 1. The number of anilines is 1. The summed E-state index contributed by atoms with van der Waals surface area (Å²) in [5.74, 6) is -0.395. The zero-order valence-corrected chi connectivity index (χ0v) is 6.66. The van der Waals surface area contributed by atoms with Crippen LogP contribution in [0.2, 0.25) is 0 Å². The standard InChI is InChI=1S/C8H7FN4/c9-7-3-5(10)1-2-6(7)8-4-11-13-12-8/h1-4H,10H2,(H,11,12,13). The predicted octanol–water partition coefficient (Wildman–Crippen LogP) is 1.19. The first kappa shape index (κ1) is 7.72. The average Bonchev–Trinajstić information content (AvgIpc) is 2.56. The molecule has 66 valence electrons. The molecule has 1 aromatic carbocycles. The molecule has 0 aliphatic rings. The van der Waals surface area contributed by atoms with Crippen molar-refractivity contribution in [2.45, 2.75) is 0 Å². The minimum absolute atomic E-state index is 0.392. The van der Waals surface area contributed by atoms with Crippen LogP contribution >= 0.6 is 0 Å². The fourth-order valence-corrected chi connectivity index (χ4v) is 1.07. The second-order valence-electron chi connectivity index (χ2n) is 2.59. The summed E-state index contributed by atoms with van der Waals surface area (Å²) in [7, 11) is 0. The minimum atomic E-state index is -0.395. The van der Waals surface area contributed by atoms with E-state index in [1.54, 1.807) is 12.1 Å². The average molecular weight is 178 g/mol. The maximum absolute atomic E-state index is 13.3. The van der Waals surface area contributed by atoms with Crippen LogP contribution in [0.25, 0.3) is 11.3 Å². The highest BCUT2D eigenvalue weighted by Gasteiger charge is 2.06. The molecule has 0 spiro atoms. The van der Waals surface area contributed by atoms with Crippen molar-refractivity contribution >= 4 is 5.69 Å². The number of halogens is 1. The first-order valence-corrected chi connectivity index (χ1v) is 3.68. The van der Waals surface area contributed by atoms with Crippen molar-refractivity contribution < 1.29 is 4.39 Å². The van der Waals surface area contributed by atoms with E-state index in [0.717, 1.165) is 0 Å². The number of aromatic amines is 1. The van der Waals surface area contributed by atoms with Gasteiger partial charge in [-0.05, 0) is 18.2 Å². The monoisotopic (exact) mass is 178 g/mol. The van der Waals surface area contributed by atoms with E-state index in [0.29, 0.717) is 16.9 Å². The summed E-state index contributed by atoms with van der Waals surface area (Å²) < 4.78 is 13.3. The summed E-state index contributed by atoms with van der Waals surface area (Å²) in [6.07, 6.45) is 1.45. The van der Waals surface area contributed by atoms with Gasteiger partial charge in [0.25, 0.3) is 0 Å². The van der Waals surface area contributed by atoms with Gasteiger partial charge in [-0.2, -0.15) is 15.4 Å². The highest BCUT2D eigenvalue weighted by Crippen LogP contribution is 2.21. The Labute approximate surface area is 73.6 Å². The second-order valence-corrected chi connectivity index (χ2v) is 2.59. The van der Waals surface area contributed by atoms with Crippen LogP contribution in [0.15, 0.2) is 24.4 Å². The Kier molecular flexibility index (Phi) is 1.70. The van der Waals surface area contributed by atoms with E-state index < -0.39 is 5.82 Å². The van der Waals surface area contributed by atoms with Gasteiger partial charge in [-0.3, -0.25) is 0 Å². The molecule has 0 unspecified atom stereocenters. The van der Waals surface area contributed by atoms with Crippen LogP contribution in [0.1, 0.15) is 0 Å². The summed E-state index contributed by atoms with van der Waals surface area (Å²) in [6, 6.07) is 4.44. The van der Waals surface area contributed by atoms with Crippen molar-refractivity contribution in [1.29, 1.82) is 0 Å². The summed E-state index contributed by atoms with van der Waals surface area (Å²) in [5.41, 5.74) is 6.65. The molecule has 0 bridgehead atoms. The third kappa shape index (κ3) is 1.35. The molecule has 0 saturated carbocycles. The zero-order valence-electron chi connectivity index (χ0n) is 6.66. The van der Waals surface area contributed by atoms with Crippen LogP contribution in [-0.2, 0) is 0 Å². The van der Waals surface area contributed by atoms with Crippen LogP contribution in [0.3, 0.4) is 0 Å². The fraction of sp³-hybridized carbons (Fsp3) is 0. The van der Waals surface area contributed by atoms with Gasteiger partial charge in [0.15, 0.2) is 0 Å². The Morgan fingerprint density at radius 1 is 1.38 bits per heavy atom. The molecule has 0 aliphatic heterocycles. The topological polar surface area (TPSA) is 67.6 Å². The molecule has 13 heavy (non-hydrogen) atoms. The highest BCUT2D eigenvalue weighted by atomic mass is 19.1. The van der Waals surface area contributed by atoms with Crippen molar-refractivity contribution in [2.24, 2.45) is 0 Å². The summed E-state index contributed by atoms with van der Waals surface area (Å²) >= 11 is 0. The van der Waals surface area contributed by atoms with Crippen LogP contribution in [-0.4, -0.2) is 15.4 Å². The lowest BCUT2D eigenvalue weighted by molar-refractivity contribution is 0.631. The number of nitrogen functional groups attached to an aromatic ring is 1. The fourth-order valence-electron chi connectivity index (χ4n) is 1.07. The summed E-state index contributed by atoms with van der Waals surface area (Å²) in [6.45, 7) is 0. The molecule has 1 aromatic heterocycles. The van der Waals surface area contributed by atoms with Crippen molar-refractivity contribution in [3.63, 3.8) is 0 Å². The molecule has 1 heterocycles. The molecule has 3 N–H and O–H groups in total. The third-order valence-corrected chi connectivity index (χ3v) is 1.68. The van der Waals surface area contributed by atoms with Gasteiger partial charge in [0.05, 0.1) is 6.20 Å². The summed E-state index contributed by atoms with van der Waals surface area (Å²) in [5, 5.41) is 9.76. The maximum Gasteiger partial charge on any atom is 0.134 e. The number of nitrogens with two attached hydrogens (primary N) is 1. The Morgan fingerprint density at radius 2 is 2.23 bits per heavy atom. The zero-order chi connectivity index (χ0) is 9.26. The number of hydrogen-bond donors (Lipinski definition) is 2. The Bertz CT molecular complexity index is 410. The van der Waals surface area contributed by atoms with Crippen molar-refractivity contribution in [3.05, 3.63) is 30.2 Å². The molecule has 0 atom stereocenters. The molecule has 0 radical (unpaired) electrons. The molecule has 0 amide bonds. The molecule has 0 saturated heterocycles. The Hall–Kier alpha value is -1.91. The third-order valence-electron chi connectivity index (χ3n) is 1.68. The van der Waals surface area contributed by atoms with Gasteiger partial charge >= 0.3 is 0 Å². The van der Waals surface area contributed by atoms with E-state index in [1.807, 2.05) is 0 Å². The molecular formula is C8H7FN4. The van der Waals surface area contributed by atoms with E-state index in [1.165, 1.54) is 12.3 Å². The van der Waals surface area contributed by atoms with Crippen LogP contribution in [0, 0.1) is 5.82 Å². The summed E-state index contributed by atoms with van der Waals surface area (Å²) in [4.78, 5) is 0. The quantitative estimate of drug-likeness (QED) is 0.644. The number of nitrogens with zero attached hydrogens (tertiary/aromatic N) is 2. The molecule has 2 rings (SSSR count). The minimum Gasteiger partial charge on any atom is -0.399 e. The van der Waals surface area contributed by atoms with Gasteiger partial charge in [0, 0.05) is 11.3 Å². The number of aromatic nitrogens is 3. The Balaban J connectivity index is 2.53. The maximum atomic E-state index is 13.3. The molecule has 0 aliphatic carbocycles. The predicted molar refractivity (Wildman–Crippen MR) is 46.2 cm³/mol. The molecule has 5 heteroatoms. The number of H-pyrrole nitrogens is 1. The molecule has 2 aromatic rings. The van der Waals surface area contributed by atoms with Crippen LogP contribution in [0.4, 0.5) is 10.1 Å². The smallest absolute Gasteiger partial charge is 0.134 e. The largest absolute Gasteiger partial charge is 0.399 e. The number of benzene rings is 1. The van der Waals surface area contributed by atoms with Gasteiger partial charge in [-0.25, -0.2) is 4.39 Å². The van der Waals surface area contributed by atoms with E-state index in [9.17, 15) is 4.39 Å². The SMILES string of the molecule is Nc1ccc(-c2cn[nH]n2)c(F)c1. The normalized spacial score (nSPS) is 10.2. The molecular weight excluding hydrogens is 171 g/mol. The van der Waals surface area contributed by atoms with E-state index in [-0.39, 0.29) is 0 Å². The lowest BCUT2D eigenvalue weighted by atomic mass is 10.1. The number of hydrogen-bond acceptors (Lipinski definition) is 3. The van der Waals surface area contributed by atoms with Gasteiger partial charge in [0.1, 0.15) is 11.5 Å². The Morgan fingerprint density at radius 3 is 2.85 bits per heavy atom. The van der Waals surface area contributed by atoms with Gasteiger partial charge in [-0.15, -0.1) is 0 Å². The molecule has 4 nitrogen and oxygen atoms in total. The number of nitrogens with one attached hydrogen (secondary N) is 1.